The molecule has 0 saturated carbocycles. The molecular weight excluding hydrogens is 346 g/mol. The number of benzene rings is 2. The van der Waals surface area contributed by atoms with Gasteiger partial charge in [0.15, 0.2) is 0 Å². The van der Waals surface area contributed by atoms with E-state index in [9.17, 15) is 17.2 Å². The molecule has 0 unspecified atom stereocenters. The third-order valence-electron chi connectivity index (χ3n) is 4.33. The fourth-order valence-electron chi connectivity index (χ4n) is 3.01. The van der Waals surface area contributed by atoms with Gasteiger partial charge in [-0.2, -0.15) is 4.31 Å². The summed E-state index contributed by atoms with van der Waals surface area (Å²) in [6.45, 7) is 4.37. The van der Waals surface area contributed by atoms with E-state index in [0.717, 1.165) is 24.7 Å². The molecule has 0 atom stereocenters. The summed E-state index contributed by atoms with van der Waals surface area (Å²) >= 11 is 0. The zero-order valence-corrected chi connectivity index (χ0v) is 14.8. The van der Waals surface area contributed by atoms with Gasteiger partial charge in [0.25, 0.3) is 0 Å². The fourth-order valence-corrected chi connectivity index (χ4v) is 4.51. The average Bonchev–Trinajstić information content (AvgIpc) is 2.57. The lowest BCUT2D eigenvalue weighted by molar-refractivity contribution is 0.181. The van der Waals surface area contributed by atoms with Crippen LogP contribution in [0.25, 0.3) is 0 Å². The van der Waals surface area contributed by atoms with E-state index in [2.05, 4.69) is 11.0 Å². The van der Waals surface area contributed by atoms with E-state index in [4.69, 9.17) is 0 Å². The van der Waals surface area contributed by atoms with Crippen LogP contribution in [0, 0.1) is 18.6 Å². The smallest absolute Gasteiger partial charge is 0.246 e. The molecule has 0 aromatic heterocycles. The summed E-state index contributed by atoms with van der Waals surface area (Å²) in [6.07, 6.45) is 0. The van der Waals surface area contributed by atoms with Gasteiger partial charge in [-0.1, -0.05) is 29.8 Å². The van der Waals surface area contributed by atoms with E-state index in [1.165, 1.54) is 15.4 Å². The summed E-state index contributed by atoms with van der Waals surface area (Å²) < 4.78 is 53.5. The Balaban J connectivity index is 1.68. The zero-order chi connectivity index (χ0) is 18.0. The highest BCUT2D eigenvalue weighted by Crippen LogP contribution is 2.22. The predicted molar refractivity (Wildman–Crippen MR) is 91.6 cm³/mol. The molecule has 2 aromatic carbocycles. The van der Waals surface area contributed by atoms with Crippen LogP contribution >= 0.6 is 0 Å². The number of rotatable bonds is 4. The van der Waals surface area contributed by atoms with E-state index in [-0.39, 0.29) is 13.1 Å². The van der Waals surface area contributed by atoms with Crippen molar-refractivity contribution in [3.8, 4) is 0 Å². The van der Waals surface area contributed by atoms with Gasteiger partial charge in [0.05, 0.1) is 0 Å². The van der Waals surface area contributed by atoms with Crippen molar-refractivity contribution in [1.29, 1.82) is 0 Å². The molecule has 25 heavy (non-hydrogen) atoms. The van der Waals surface area contributed by atoms with E-state index in [0.29, 0.717) is 13.1 Å². The molecule has 4 nitrogen and oxygen atoms in total. The van der Waals surface area contributed by atoms with Crippen LogP contribution in [0.5, 0.6) is 0 Å². The van der Waals surface area contributed by atoms with Gasteiger partial charge >= 0.3 is 0 Å². The molecule has 0 radical (unpaired) electrons. The summed E-state index contributed by atoms with van der Waals surface area (Å²) in [5.41, 5.74) is 2.35. The van der Waals surface area contributed by atoms with Gasteiger partial charge in [-0.25, -0.2) is 17.2 Å². The van der Waals surface area contributed by atoms with E-state index in [1.54, 1.807) is 0 Å². The molecule has 0 bridgehead atoms. The van der Waals surface area contributed by atoms with Gasteiger partial charge in [0.2, 0.25) is 10.0 Å². The maximum Gasteiger partial charge on any atom is 0.246 e. The second kappa shape index (κ2) is 7.19. The Morgan fingerprint density at radius 3 is 2.40 bits per heavy atom. The van der Waals surface area contributed by atoms with Gasteiger partial charge in [-0.05, 0) is 30.7 Å². The maximum absolute atomic E-state index is 13.8. The standard InChI is InChI=1S/C18H20F2N2O2S/c1-14-3-2-4-15(11-14)13-21-7-9-22(10-8-21)25(23,24)18-12-16(19)5-6-17(18)20/h2-6,11-12H,7-10,13H2,1H3. The topological polar surface area (TPSA) is 40.6 Å². The summed E-state index contributed by atoms with van der Waals surface area (Å²) in [4.78, 5) is 1.56. The number of hydrogen-bond acceptors (Lipinski definition) is 3. The summed E-state index contributed by atoms with van der Waals surface area (Å²) in [6, 6.07) is 10.7. The van der Waals surface area contributed by atoms with E-state index >= 15 is 0 Å². The molecule has 1 heterocycles. The number of sulfonamides is 1. The van der Waals surface area contributed by atoms with Crippen LogP contribution in [0.2, 0.25) is 0 Å². The van der Waals surface area contributed by atoms with Crippen molar-refractivity contribution in [3.05, 3.63) is 65.2 Å². The lowest BCUT2D eigenvalue weighted by atomic mass is 10.1. The zero-order valence-electron chi connectivity index (χ0n) is 14.0. The van der Waals surface area contributed by atoms with Gasteiger partial charge in [0, 0.05) is 32.7 Å². The summed E-state index contributed by atoms with van der Waals surface area (Å²) in [7, 11) is -4.03. The van der Waals surface area contributed by atoms with Crippen LogP contribution in [0.3, 0.4) is 0 Å². The van der Waals surface area contributed by atoms with E-state index in [1.807, 2.05) is 25.1 Å². The largest absolute Gasteiger partial charge is 0.296 e. The number of nitrogens with zero attached hydrogens (tertiary/aromatic N) is 2. The average molecular weight is 366 g/mol. The number of piperazine rings is 1. The number of halogens is 2. The first-order chi connectivity index (χ1) is 11.9. The Kier molecular flexibility index (Phi) is 5.17. The first-order valence-electron chi connectivity index (χ1n) is 8.09. The molecular formula is C18H20F2N2O2S. The van der Waals surface area contributed by atoms with Crippen molar-refractivity contribution in [3.63, 3.8) is 0 Å². The first-order valence-corrected chi connectivity index (χ1v) is 9.53. The molecule has 1 saturated heterocycles. The normalized spacial score (nSPS) is 16.9. The minimum Gasteiger partial charge on any atom is -0.296 e. The van der Waals surface area contributed by atoms with Gasteiger partial charge in [-0.15, -0.1) is 0 Å². The van der Waals surface area contributed by atoms with Crippen LogP contribution in [0.4, 0.5) is 8.78 Å². The molecule has 1 fully saturated rings. The molecule has 1 aliphatic rings. The van der Waals surface area contributed by atoms with Crippen molar-refractivity contribution >= 4 is 10.0 Å². The second-order valence-corrected chi connectivity index (χ2v) is 8.15. The molecule has 0 spiro atoms. The molecule has 1 aliphatic heterocycles. The molecule has 134 valence electrons. The van der Waals surface area contributed by atoms with Crippen molar-refractivity contribution in [2.45, 2.75) is 18.4 Å². The van der Waals surface area contributed by atoms with Crippen LogP contribution < -0.4 is 0 Å². The fraction of sp³-hybridized carbons (Fsp3) is 0.333. The van der Waals surface area contributed by atoms with Crippen LogP contribution in [-0.4, -0.2) is 43.8 Å². The van der Waals surface area contributed by atoms with Crippen molar-refractivity contribution < 1.29 is 17.2 Å². The minimum atomic E-state index is -4.03. The van der Waals surface area contributed by atoms with Crippen molar-refractivity contribution in [2.75, 3.05) is 26.2 Å². The quantitative estimate of drug-likeness (QED) is 0.836. The summed E-state index contributed by atoms with van der Waals surface area (Å²) in [5.74, 6) is -1.69. The maximum atomic E-state index is 13.8. The summed E-state index contributed by atoms with van der Waals surface area (Å²) in [5, 5.41) is 0. The third-order valence-corrected chi connectivity index (χ3v) is 6.24. The lowest BCUT2D eigenvalue weighted by Crippen LogP contribution is -2.48. The third kappa shape index (κ3) is 4.05. The molecule has 0 N–H and O–H groups in total. The number of hydrogen-bond donors (Lipinski definition) is 0. The van der Waals surface area contributed by atoms with Crippen molar-refractivity contribution in [2.24, 2.45) is 0 Å². The Morgan fingerprint density at radius 1 is 1.00 bits per heavy atom. The van der Waals surface area contributed by atoms with Crippen LogP contribution in [0.15, 0.2) is 47.4 Å². The molecule has 2 aromatic rings. The minimum absolute atomic E-state index is 0.254. The Bertz CT molecular complexity index is 863. The number of aryl methyl sites for hydroxylation is 1. The molecule has 0 amide bonds. The Morgan fingerprint density at radius 2 is 1.72 bits per heavy atom. The van der Waals surface area contributed by atoms with Gasteiger partial charge < -0.3 is 0 Å². The second-order valence-electron chi connectivity index (χ2n) is 6.24. The van der Waals surface area contributed by atoms with Gasteiger partial charge in [-0.3, -0.25) is 4.90 Å². The highest BCUT2D eigenvalue weighted by Gasteiger charge is 2.30. The van der Waals surface area contributed by atoms with Gasteiger partial charge in [0.1, 0.15) is 16.5 Å². The first kappa shape index (κ1) is 18.0. The molecule has 0 aliphatic carbocycles. The molecule has 7 heteroatoms. The SMILES string of the molecule is Cc1cccc(CN2CCN(S(=O)(=O)c3cc(F)ccc3F)CC2)c1. The van der Waals surface area contributed by atoms with Crippen LogP contribution in [-0.2, 0) is 16.6 Å². The molecule has 3 rings (SSSR count). The van der Waals surface area contributed by atoms with E-state index < -0.39 is 26.6 Å². The van der Waals surface area contributed by atoms with Crippen molar-refractivity contribution in [1.82, 2.24) is 9.21 Å². The van der Waals surface area contributed by atoms with Crippen LogP contribution in [0.1, 0.15) is 11.1 Å². The lowest BCUT2D eigenvalue weighted by Gasteiger charge is -2.34. The highest BCUT2D eigenvalue weighted by molar-refractivity contribution is 7.89. The predicted octanol–water partition coefficient (Wildman–Crippen LogP) is 2.78. The Labute approximate surface area is 146 Å². The Hall–Kier alpha value is -1.83. The monoisotopic (exact) mass is 366 g/mol. The highest BCUT2D eigenvalue weighted by atomic mass is 32.2.